The van der Waals surface area contributed by atoms with Gasteiger partial charge >= 0.3 is 0 Å². The van der Waals surface area contributed by atoms with E-state index in [0.717, 1.165) is 77.0 Å². The molecule has 9 rings (SSSR count). The molecule has 3 unspecified atom stereocenters. The van der Waals surface area contributed by atoms with Crippen molar-refractivity contribution in [3.05, 3.63) is 240 Å². The molecule has 2 heteroatoms. The van der Waals surface area contributed by atoms with Crippen molar-refractivity contribution in [2.24, 2.45) is 5.92 Å². The first kappa shape index (κ1) is 44.6. The fourth-order valence-corrected chi connectivity index (χ4v) is 10.6. The van der Waals surface area contributed by atoms with E-state index in [9.17, 15) is 0 Å². The largest absolute Gasteiger partial charge is 0.338 e. The lowest BCUT2D eigenvalue weighted by Gasteiger charge is -2.37. The average molecular weight is 863 g/mol. The summed E-state index contributed by atoms with van der Waals surface area (Å²) in [5.74, 6) is 0.520. The van der Waals surface area contributed by atoms with Crippen LogP contribution in [0.15, 0.2) is 212 Å². The molecule has 332 valence electrons. The van der Waals surface area contributed by atoms with Crippen molar-refractivity contribution in [1.82, 2.24) is 4.90 Å². The maximum absolute atomic E-state index is 4.09. The Hall–Kier alpha value is -6.64. The highest BCUT2D eigenvalue weighted by Crippen LogP contribution is 2.39. The van der Waals surface area contributed by atoms with E-state index in [0.29, 0.717) is 5.92 Å². The van der Waals surface area contributed by atoms with Crippen molar-refractivity contribution in [2.75, 3.05) is 4.90 Å². The number of fused-ring (bicyclic) bond motifs is 2. The molecule has 3 aromatic rings. The summed E-state index contributed by atoms with van der Waals surface area (Å²) in [4.78, 5) is 5.26. The summed E-state index contributed by atoms with van der Waals surface area (Å²) in [5.41, 5.74) is 13.1. The van der Waals surface area contributed by atoms with Gasteiger partial charge < -0.3 is 9.80 Å². The smallest absolute Gasteiger partial charge is 0.0566 e. The Morgan fingerprint density at radius 3 is 2.29 bits per heavy atom. The Balaban J connectivity index is 1.21. The van der Waals surface area contributed by atoms with Gasteiger partial charge in [-0.2, -0.15) is 0 Å². The van der Waals surface area contributed by atoms with Crippen molar-refractivity contribution in [1.29, 1.82) is 0 Å². The standard InChI is InChI=1S/C64H66N2/c1-4-7-9-10-15-24-48-34-38-55(39-35-48)65(53-30-20-13-21-31-53)58-42-44-59-62(47-58)64(52-28-18-12-19-29-52)60-45-43-57(46-61(60)63(59)49(6-3)25-8-5-2)66(54-32-22-14-23-33-54)56-40-36-51(37-41-56)50-26-16-11-17-27-50/h4-6,8,10-11,14-18,20,22-23,25-32,34,36,38-40,43-48,54,58H,1-2,7,9,12-13,19,21,24,33,35,37,41-42H2,3H3/b15-10-,25-8-,49-6+. The van der Waals surface area contributed by atoms with E-state index < -0.39 is 0 Å². The van der Waals surface area contributed by atoms with Gasteiger partial charge in [0.1, 0.15) is 0 Å². The van der Waals surface area contributed by atoms with Crippen LogP contribution in [0.25, 0.3) is 39.6 Å². The minimum Gasteiger partial charge on any atom is -0.338 e. The van der Waals surface area contributed by atoms with Gasteiger partial charge in [-0.15, -0.1) is 6.58 Å². The summed E-state index contributed by atoms with van der Waals surface area (Å²) in [7, 11) is 0. The van der Waals surface area contributed by atoms with Crippen LogP contribution in [0.1, 0.15) is 101 Å². The summed E-state index contributed by atoms with van der Waals surface area (Å²) in [6.07, 6.45) is 68.4. The third-order valence-electron chi connectivity index (χ3n) is 13.9. The number of anilines is 1. The van der Waals surface area contributed by atoms with E-state index >= 15 is 0 Å². The summed E-state index contributed by atoms with van der Waals surface area (Å²) in [6.45, 7) is 10.2. The maximum Gasteiger partial charge on any atom is 0.0566 e. The minimum absolute atomic E-state index is 0.153. The second-order valence-electron chi connectivity index (χ2n) is 18.2. The Morgan fingerprint density at radius 2 is 1.58 bits per heavy atom. The van der Waals surface area contributed by atoms with Crippen molar-refractivity contribution in [2.45, 2.75) is 96.1 Å². The molecule has 0 radical (unpaired) electrons. The summed E-state index contributed by atoms with van der Waals surface area (Å²) in [6, 6.07) is 18.6. The van der Waals surface area contributed by atoms with Gasteiger partial charge in [-0.3, -0.25) is 0 Å². The van der Waals surface area contributed by atoms with Gasteiger partial charge in [0.15, 0.2) is 0 Å². The van der Waals surface area contributed by atoms with Crippen molar-refractivity contribution >= 4 is 45.3 Å². The number of hydrogen-bond acceptors (Lipinski definition) is 2. The number of benzene rings is 3. The molecule has 0 saturated heterocycles. The van der Waals surface area contributed by atoms with Gasteiger partial charge in [0.25, 0.3) is 0 Å². The summed E-state index contributed by atoms with van der Waals surface area (Å²) >= 11 is 0. The fourth-order valence-electron chi connectivity index (χ4n) is 10.6. The van der Waals surface area contributed by atoms with E-state index in [4.69, 9.17) is 0 Å². The Morgan fingerprint density at radius 1 is 0.712 bits per heavy atom. The molecule has 0 amide bonds. The van der Waals surface area contributed by atoms with Gasteiger partial charge in [0, 0.05) is 22.8 Å². The zero-order valence-electron chi connectivity index (χ0n) is 39.0. The lowest BCUT2D eigenvalue weighted by atomic mass is 9.83. The molecule has 0 aliphatic heterocycles. The first-order valence-electron chi connectivity index (χ1n) is 24.7. The van der Waals surface area contributed by atoms with Crippen LogP contribution in [-0.4, -0.2) is 17.0 Å². The Labute approximate surface area is 394 Å². The molecule has 3 atom stereocenters. The van der Waals surface area contributed by atoms with Crippen LogP contribution in [0.3, 0.4) is 0 Å². The number of unbranched alkanes of at least 4 members (excludes halogenated alkanes) is 1. The van der Waals surface area contributed by atoms with Gasteiger partial charge in [-0.1, -0.05) is 171 Å². The highest BCUT2D eigenvalue weighted by Gasteiger charge is 2.28. The third-order valence-corrected chi connectivity index (χ3v) is 13.9. The topological polar surface area (TPSA) is 6.48 Å². The second-order valence-corrected chi connectivity index (χ2v) is 18.2. The minimum atomic E-state index is 0.153. The zero-order chi connectivity index (χ0) is 45.1. The molecule has 0 spiro atoms. The van der Waals surface area contributed by atoms with E-state index in [1.54, 1.807) is 0 Å². The zero-order valence-corrected chi connectivity index (χ0v) is 39.0. The molecule has 2 nitrogen and oxygen atoms in total. The van der Waals surface area contributed by atoms with E-state index in [-0.39, 0.29) is 12.1 Å². The molecule has 0 aromatic heterocycles. The molecule has 0 N–H and O–H groups in total. The molecule has 0 bridgehead atoms. The van der Waals surface area contributed by atoms with Crippen LogP contribution in [0.2, 0.25) is 0 Å². The van der Waals surface area contributed by atoms with Gasteiger partial charge in [-0.05, 0) is 175 Å². The molecule has 0 heterocycles. The number of nitrogens with zero attached hydrogens (tertiary/aromatic N) is 2. The van der Waals surface area contributed by atoms with E-state index in [1.807, 2.05) is 12.2 Å². The third kappa shape index (κ3) is 9.80. The van der Waals surface area contributed by atoms with E-state index in [1.165, 1.54) is 77.4 Å². The number of hydrogen-bond donors (Lipinski definition) is 0. The molecule has 0 fully saturated rings. The molecule has 66 heavy (non-hydrogen) atoms. The van der Waals surface area contributed by atoms with Crippen molar-refractivity contribution in [3.8, 4) is 0 Å². The molecule has 6 aliphatic rings. The summed E-state index contributed by atoms with van der Waals surface area (Å²) in [5, 5.41) is 5.26. The van der Waals surface area contributed by atoms with Crippen LogP contribution in [-0.2, 0) is 0 Å². The van der Waals surface area contributed by atoms with Gasteiger partial charge in [-0.25, -0.2) is 0 Å². The molecule has 0 saturated carbocycles. The maximum atomic E-state index is 4.09. The first-order valence-corrected chi connectivity index (χ1v) is 24.7. The highest BCUT2D eigenvalue weighted by atomic mass is 15.2. The predicted octanol–water partition coefficient (Wildman–Crippen LogP) is 15.4. The molecular weight excluding hydrogens is 797 g/mol. The monoisotopic (exact) mass is 863 g/mol. The first-order chi connectivity index (χ1) is 32.6. The van der Waals surface area contributed by atoms with Crippen molar-refractivity contribution in [3.63, 3.8) is 0 Å². The van der Waals surface area contributed by atoms with E-state index in [2.05, 4.69) is 212 Å². The molecule has 3 aromatic carbocycles. The normalized spacial score (nSPS) is 21.4. The lowest BCUT2D eigenvalue weighted by molar-refractivity contribution is 0.394. The number of allylic oxidation sites excluding steroid dienone is 24. The fraction of sp³-hybridized carbons (Fsp3) is 0.250. The predicted molar refractivity (Wildman–Crippen MR) is 288 cm³/mol. The van der Waals surface area contributed by atoms with Crippen LogP contribution in [0.4, 0.5) is 5.69 Å². The Bertz CT molecular complexity index is 2870. The quantitative estimate of drug-likeness (QED) is 0.0804. The van der Waals surface area contributed by atoms with Crippen LogP contribution < -0.4 is 15.3 Å². The van der Waals surface area contributed by atoms with Crippen LogP contribution >= 0.6 is 0 Å². The number of rotatable bonds is 16. The average Bonchev–Trinajstić information content (AvgIpc) is 3.38. The Kier molecular flexibility index (Phi) is 14.6. The second kappa shape index (κ2) is 21.6. The van der Waals surface area contributed by atoms with Crippen molar-refractivity contribution < 1.29 is 0 Å². The highest BCUT2D eigenvalue weighted by molar-refractivity contribution is 6.05. The van der Waals surface area contributed by atoms with Gasteiger partial charge in [0.05, 0.1) is 12.1 Å². The van der Waals surface area contributed by atoms with Gasteiger partial charge in [0.2, 0.25) is 0 Å². The molecule has 6 aliphatic carbocycles. The lowest BCUT2D eigenvalue weighted by Crippen LogP contribution is -2.42. The summed E-state index contributed by atoms with van der Waals surface area (Å²) < 4.78 is 0. The van der Waals surface area contributed by atoms with Crippen LogP contribution in [0, 0.1) is 5.92 Å². The van der Waals surface area contributed by atoms with Crippen LogP contribution in [0.5, 0.6) is 0 Å². The molecular formula is C64H66N2. The SMILES string of the molecule is C=C/C=C\C(=C/C)c1c2c(c(C3=CCCC=C3)c3ccc(N(C4=CC=C(c5ccccc5)CC4)C4C=CC=CC4)cc13)=CC(N(C1=CCCC=C1)C1=CCC(C/C=C\CCC=C)C=C1)CC=2.